The Labute approximate surface area is 93.5 Å². The summed E-state index contributed by atoms with van der Waals surface area (Å²) >= 11 is 0. The van der Waals surface area contributed by atoms with Gasteiger partial charge in [-0.25, -0.2) is 8.78 Å². The lowest BCUT2D eigenvalue weighted by molar-refractivity contribution is -0.106. The molecule has 0 aromatic heterocycles. The molecule has 2 nitrogen and oxygen atoms in total. The van der Waals surface area contributed by atoms with Crippen molar-refractivity contribution in [1.29, 1.82) is 0 Å². The van der Waals surface area contributed by atoms with Crippen molar-refractivity contribution in [3.63, 3.8) is 0 Å². The van der Waals surface area contributed by atoms with Crippen molar-refractivity contribution in [3.05, 3.63) is 35.4 Å². The van der Waals surface area contributed by atoms with Crippen LogP contribution < -0.4 is 0 Å². The Morgan fingerprint density at radius 1 is 1.38 bits per heavy atom. The molecule has 1 aliphatic rings. The summed E-state index contributed by atoms with van der Waals surface area (Å²) in [5, 5.41) is 10.1. The number of halogens is 2. The van der Waals surface area contributed by atoms with Gasteiger partial charge in [0.25, 0.3) is 0 Å². The average Bonchev–Trinajstić information content (AvgIpc) is 2.20. The number of hydrogen-bond acceptors (Lipinski definition) is 2. The number of hydrogen-bond donors (Lipinski definition) is 1. The zero-order valence-corrected chi connectivity index (χ0v) is 9.21. The van der Waals surface area contributed by atoms with Gasteiger partial charge in [-0.05, 0) is 19.0 Å². The molecule has 0 radical (unpaired) electrons. The predicted octanol–water partition coefficient (Wildman–Crippen LogP) is 1.88. The summed E-state index contributed by atoms with van der Waals surface area (Å²) in [7, 11) is 0. The number of nitrogens with zero attached hydrogens (tertiary/aromatic N) is 1. The quantitative estimate of drug-likeness (QED) is 0.852. The van der Waals surface area contributed by atoms with E-state index in [1.807, 2.05) is 11.8 Å². The van der Waals surface area contributed by atoms with Gasteiger partial charge in [0.05, 0.1) is 0 Å². The van der Waals surface area contributed by atoms with Gasteiger partial charge in [0.1, 0.15) is 5.60 Å². The van der Waals surface area contributed by atoms with E-state index in [1.54, 1.807) is 0 Å². The molecule has 0 amide bonds. The van der Waals surface area contributed by atoms with Crippen molar-refractivity contribution >= 4 is 0 Å². The molecule has 1 aromatic rings. The number of aliphatic hydroxyl groups is 1. The molecule has 1 aliphatic heterocycles. The molecule has 4 heteroatoms. The van der Waals surface area contributed by atoms with E-state index >= 15 is 0 Å². The normalized spacial score (nSPS) is 19.5. The first-order valence-corrected chi connectivity index (χ1v) is 5.46. The number of likely N-dealkylation sites (tertiary alicyclic amines) is 1. The second kappa shape index (κ2) is 4.11. The van der Waals surface area contributed by atoms with Crippen LogP contribution in [0.15, 0.2) is 18.2 Å². The number of benzene rings is 1. The SMILES string of the molecule is CCCN1CC(O)(c2cccc(F)c2F)C1. The Bertz CT molecular complexity index is 389. The van der Waals surface area contributed by atoms with Gasteiger partial charge in [-0.2, -0.15) is 0 Å². The van der Waals surface area contributed by atoms with E-state index in [4.69, 9.17) is 0 Å². The van der Waals surface area contributed by atoms with E-state index < -0.39 is 17.2 Å². The Kier molecular flexibility index (Phi) is 2.95. The maximum absolute atomic E-state index is 13.5. The fourth-order valence-corrected chi connectivity index (χ4v) is 2.20. The molecule has 0 spiro atoms. The molecule has 1 N–H and O–H groups in total. The summed E-state index contributed by atoms with van der Waals surface area (Å²) in [6.45, 7) is 3.67. The van der Waals surface area contributed by atoms with Gasteiger partial charge < -0.3 is 5.11 Å². The van der Waals surface area contributed by atoms with E-state index in [9.17, 15) is 13.9 Å². The van der Waals surface area contributed by atoms with Crippen LogP contribution in [0.2, 0.25) is 0 Å². The summed E-state index contributed by atoms with van der Waals surface area (Å²) in [5.41, 5.74) is -1.15. The Balaban J connectivity index is 2.17. The molecule has 1 heterocycles. The second-order valence-electron chi connectivity index (χ2n) is 4.34. The monoisotopic (exact) mass is 227 g/mol. The Morgan fingerprint density at radius 3 is 2.69 bits per heavy atom. The van der Waals surface area contributed by atoms with Gasteiger partial charge in [-0.3, -0.25) is 4.90 Å². The van der Waals surface area contributed by atoms with Crippen molar-refractivity contribution in [1.82, 2.24) is 4.90 Å². The molecular formula is C12H15F2NO. The molecule has 1 aromatic carbocycles. The van der Waals surface area contributed by atoms with Gasteiger partial charge in [-0.15, -0.1) is 0 Å². The summed E-state index contributed by atoms with van der Waals surface area (Å²) < 4.78 is 26.5. The summed E-state index contributed by atoms with van der Waals surface area (Å²) in [5.74, 6) is -1.83. The van der Waals surface area contributed by atoms with Crippen LogP contribution >= 0.6 is 0 Å². The maximum atomic E-state index is 13.5. The van der Waals surface area contributed by atoms with Crippen molar-refractivity contribution < 1.29 is 13.9 Å². The molecule has 2 rings (SSSR count). The van der Waals surface area contributed by atoms with Crippen LogP contribution in [0.25, 0.3) is 0 Å². The number of rotatable bonds is 3. The van der Waals surface area contributed by atoms with Crippen LogP contribution in [0, 0.1) is 11.6 Å². The molecule has 1 fully saturated rings. The highest BCUT2D eigenvalue weighted by atomic mass is 19.2. The van der Waals surface area contributed by atoms with E-state index in [0.717, 1.165) is 19.0 Å². The van der Waals surface area contributed by atoms with Gasteiger partial charge in [-0.1, -0.05) is 19.1 Å². The number of β-amino-alcohol motifs (C(OH)–C–C–N with tert-alkyl or cyclic N) is 1. The summed E-state index contributed by atoms with van der Waals surface area (Å²) in [4.78, 5) is 2.02. The minimum atomic E-state index is -1.22. The van der Waals surface area contributed by atoms with E-state index in [1.165, 1.54) is 12.1 Å². The first-order chi connectivity index (χ1) is 7.57. The Hall–Kier alpha value is -1.00. The predicted molar refractivity (Wildman–Crippen MR) is 57.0 cm³/mol. The van der Waals surface area contributed by atoms with E-state index in [-0.39, 0.29) is 5.56 Å². The summed E-state index contributed by atoms with van der Waals surface area (Å²) in [6, 6.07) is 3.93. The van der Waals surface area contributed by atoms with Crippen LogP contribution in [-0.4, -0.2) is 29.6 Å². The van der Waals surface area contributed by atoms with Crippen LogP contribution in [0.4, 0.5) is 8.78 Å². The van der Waals surface area contributed by atoms with Crippen LogP contribution in [-0.2, 0) is 5.60 Å². The zero-order chi connectivity index (χ0) is 11.8. The molecule has 0 aliphatic carbocycles. The van der Waals surface area contributed by atoms with Crippen LogP contribution in [0.1, 0.15) is 18.9 Å². The fraction of sp³-hybridized carbons (Fsp3) is 0.500. The minimum absolute atomic E-state index is 0.0693. The average molecular weight is 227 g/mol. The maximum Gasteiger partial charge on any atom is 0.164 e. The molecule has 0 atom stereocenters. The third kappa shape index (κ3) is 1.83. The van der Waals surface area contributed by atoms with Crippen molar-refractivity contribution in [3.8, 4) is 0 Å². The van der Waals surface area contributed by atoms with Crippen LogP contribution in [0.5, 0.6) is 0 Å². The molecular weight excluding hydrogens is 212 g/mol. The second-order valence-corrected chi connectivity index (χ2v) is 4.34. The highest BCUT2D eigenvalue weighted by Gasteiger charge is 2.44. The third-order valence-corrected chi connectivity index (χ3v) is 2.96. The fourth-order valence-electron chi connectivity index (χ4n) is 2.20. The third-order valence-electron chi connectivity index (χ3n) is 2.96. The molecule has 0 bridgehead atoms. The van der Waals surface area contributed by atoms with E-state index in [2.05, 4.69) is 0 Å². The highest BCUT2D eigenvalue weighted by Crippen LogP contribution is 2.33. The lowest BCUT2D eigenvalue weighted by Gasteiger charge is -2.46. The van der Waals surface area contributed by atoms with Gasteiger partial charge in [0, 0.05) is 18.7 Å². The highest BCUT2D eigenvalue weighted by molar-refractivity contribution is 5.28. The first-order valence-electron chi connectivity index (χ1n) is 5.46. The Morgan fingerprint density at radius 2 is 2.06 bits per heavy atom. The van der Waals surface area contributed by atoms with Crippen molar-refractivity contribution in [2.75, 3.05) is 19.6 Å². The van der Waals surface area contributed by atoms with E-state index in [0.29, 0.717) is 13.1 Å². The van der Waals surface area contributed by atoms with Crippen molar-refractivity contribution in [2.24, 2.45) is 0 Å². The largest absolute Gasteiger partial charge is 0.382 e. The van der Waals surface area contributed by atoms with Crippen LogP contribution in [0.3, 0.4) is 0 Å². The van der Waals surface area contributed by atoms with Gasteiger partial charge >= 0.3 is 0 Å². The van der Waals surface area contributed by atoms with Gasteiger partial charge in [0.2, 0.25) is 0 Å². The lowest BCUT2D eigenvalue weighted by atomic mass is 9.85. The molecule has 88 valence electrons. The first kappa shape index (κ1) is 11.5. The standard InChI is InChI=1S/C12H15F2NO/c1-2-6-15-7-12(16,8-15)9-4-3-5-10(13)11(9)14/h3-5,16H,2,6-8H2,1H3. The zero-order valence-electron chi connectivity index (χ0n) is 9.21. The smallest absolute Gasteiger partial charge is 0.164 e. The molecule has 0 unspecified atom stereocenters. The molecule has 0 saturated carbocycles. The lowest BCUT2D eigenvalue weighted by Crippen LogP contribution is -2.59. The molecule has 16 heavy (non-hydrogen) atoms. The van der Waals surface area contributed by atoms with Crippen molar-refractivity contribution in [2.45, 2.75) is 18.9 Å². The minimum Gasteiger partial charge on any atom is -0.382 e. The summed E-state index contributed by atoms with van der Waals surface area (Å²) in [6.07, 6.45) is 0.988. The molecule has 1 saturated heterocycles. The van der Waals surface area contributed by atoms with Gasteiger partial charge in [0.15, 0.2) is 11.6 Å². The topological polar surface area (TPSA) is 23.5 Å².